The first-order chi connectivity index (χ1) is 9.88. The van der Waals surface area contributed by atoms with Gasteiger partial charge in [-0.2, -0.15) is 0 Å². The van der Waals surface area contributed by atoms with Crippen molar-refractivity contribution in [2.45, 2.75) is 19.9 Å². The number of benzene rings is 2. The van der Waals surface area contributed by atoms with E-state index in [1.165, 1.54) is 18.2 Å². The number of rotatable bonds is 4. The molecule has 4 nitrogen and oxygen atoms in total. The van der Waals surface area contributed by atoms with Crippen LogP contribution in [-0.4, -0.2) is 4.92 Å². The smallest absolute Gasteiger partial charge is 0.288 e. The van der Waals surface area contributed by atoms with Crippen molar-refractivity contribution in [2.24, 2.45) is 0 Å². The zero-order valence-electron chi connectivity index (χ0n) is 11.6. The van der Waals surface area contributed by atoms with Crippen LogP contribution in [0.4, 0.5) is 15.8 Å². The van der Waals surface area contributed by atoms with E-state index in [4.69, 9.17) is 11.6 Å². The summed E-state index contributed by atoms with van der Waals surface area (Å²) in [5.74, 6) is -0.261. The molecular weight excluding hydrogens is 295 g/mol. The third-order valence-corrected chi connectivity index (χ3v) is 3.53. The summed E-state index contributed by atoms with van der Waals surface area (Å²) in [6.45, 7) is 3.58. The first-order valence-corrected chi connectivity index (χ1v) is 6.73. The summed E-state index contributed by atoms with van der Waals surface area (Å²) in [5.41, 5.74) is 1.87. The quantitative estimate of drug-likeness (QED) is 0.647. The fourth-order valence-electron chi connectivity index (χ4n) is 1.96. The lowest BCUT2D eigenvalue weighted by Gasteiger charge is -2.16. The number of nitro benzene ring substituents is 1. The highest BCUT2D eigenvalue weighted by Gasteiger charge is 2.13. The molecule has 21 heavy (non-hydrogen) atoms. The van der Waals surface area contributed by atoms with Crippen LogP contribution in [-0.2, 0) is 0 Å². The van der Waals surface area contributed by atoms with Gasteiger partial charge in [0.2, 0.25) is 0 Å². The lowest BCUT2D eigenvalue weighted by atomic mass is 10.1. The Bertz CT molecular complexity index is 691. The summed E-state index contributed by atoms with van der Waals surface area (Å²) in [4.78, 5) is 10.2. The van der Waals surface area contributed by atoms with Crippen LogP contribution in [0.1, 0.15) is 24.1 Å². The van der Waals surface area contributed by atoms with Crippen molar-refractivity contribution < 1.29 is 9.31 Å². The fraction of sp³-hybridized carbons (Fsp3) is 0.200. The second-order valence-corrected chi connectivity index (χ2v) is 5.21. The Morgan fingerprint density at radius 2 is 2.00 bits per heavy atom. The largest absolute Gasteiger partial charge is 0.378 e. The first kappa shape index (κ1) is 15.3. The molecule has 0 radical (unpaired) electrons. The summed E-state index contributed by atoms with van der Waals surface area (Å²) < 4.78 is 13.6. The Morgan fingerprint density at radius 1 is 1.29 bits per heavy atom. The van der Waals surface area contributed by atoms with Crippen molar-refractivity contribution in [1.82, 2.24) is 0 Å². The first-order valence-electron chi connectivity index (χ1n) is 6.35. The molecule has 1 unspecified atom stereocenters. The Morgan fingerprint density at radius 3 is 2.57 bits per heavy atom. The second-order valence-electron chi connectivity index (χ2n) is 4.80. The predicted octanol–water partition coefficient (Wildman–Crippen LogP) is 4.87. The minimum atomic E-state index is -0.537. The Balaban J connectivity index is 2.19. The molecule has 1 atom stereocenters. The average Bonchev–Trinajstić information content (AvgIpc) is 2.41. The van der Waals surface area contributed by atoms with Gasteiger partial charge in [-0.05, 0) is 43.2 Å². The van der Waals surface area contributed by atoms with Crippen molar-refractivity contribution in [3.8, 4) is 0 Å². The van der Waals surface area contributed by atoms with Gasteiger partial charge in [-0.15, -0.1) is 0 Å². The number of anilines is 1. The Hall–Kier alpha value is -2.14. The summed E-state index contributed by atoms with van der Waals surface area (Å²) in [6.07, 6.45) is 0. The molecule has 0 bridgehead atoms. The van der Waals surface area contributed by atoms with Gasteiger partial charge < -0.3 is 5.32 Å². The average molecular weight is 309 g/mol. The van der Waals surface area contributed by atoms with Gasteiger partial charge in [0.1, 0.15) is 10.8 Å². The molecule has 0 aliphatic heterocycles. The standard InChI is InChI=1S/C15H14ClFN2O2/c1-9-3-4-11(7-14(9)17)10(2)18-12-5-6-15(19(20)21)13(16)8-12/h3-8,10,18H,1-2H3. The molecule has 0 fully saturated rings. The van der Waals surface area contributed by atoms with Crippen molar-refractivity contribution in [3.63, 3.8) is 0 Å². The lowest BCUT2D eigenvalue weighted by molar-refractivity contribution is -0.384. The molecule has 2 aromatic carbocycles. The van der Waals surface area contributed by atoms with E-state index in [1.54, 1.807) is 19.1 Å². The van der Waals surface area contributed by atoms with Crippen molar-refractivity contribution in [1.29, 1.82) is 0 Å². The molecule has 0 saturated carbocycles. The maximum atomic E-state index is 13.6. The second kappa shape index (κ2) is 6.10. The molecule has 2 aromatic rings. The van der Waals surface area contributed by atoms with Gasteiger partial charge in [0, 0.05) is 17.8 Å². The molecule has 0 amide bonds. The van der Waals surface area contributed by atoms with E-state index < -0.39 is 4.92 Å². The van der Waals surface area contributed by atoms with E-state index >= 15 is 0 Å². The Kier molecular flexibility index (Phi) is 4.43. The third-order valence-electron chi connectivity index (χ3n) is 3.22. The molecule has 0 aromatic heterocycles. The lowest BCUT2D eigenvalue weighted by Crippen LogP contribution is -2.07. The van der Waals surface area contributed by atoms with Crippen LogP contribution in [0.5, 0.6) is 0 Å². The zero-order chi connectivity index (χ0) is 15.6. The third kappa shape index (κ3) is 3.49. The van der Waals surface area contributed by atoms with Crippen molar-refractivity contribution >= 4 is 23.0 Å². The van der Waals surface area contributed by atoms with E-state index in [0.717, 1.165) is 5.56 Å². The van der Waals surface area contributed by atoms with Crippen molar-refractivity contribution in [2.75, 3.05) is 5.32 Å². The normalized spacial score (nSPS) is 12.0. The molecule has 0 saturated heterocycles. The Labute approximate surface area is 126 Å². The van der Waals surface area contributed by atoms with Crippen LogP contribution in [0, 0.1) is 22.9 Å². The number of nitrogens with one attached hydrogen (secondary N) is 1. The number of aryl methyl sites for hydroxylation is 1. The highest BCUT2D eigenvalue weighted by atomic mass is 35.5. The molecule has 110 valence electrons. The van der Waals surface area contributed by atoms with Gasteiger partial charge in [-0.25, -0.2) is 4.39 Å². The molecule has 0 heterocycles. The summed E-state index contributed by atoms with van der Waals surface area (Å²) in [5, 5.41) is 13.9. The van der Waals surface area contributed by atoms with E-state index in [1.807, 2.05) is 13.0 Å². The molecule has 1 N–H and O–H groups in total. The number of nitrogens with zero attached hydrogens (tertiary/aromatic N) is 1. The summed E-state index contributed by atoms with van der Waals surface area (Å²) in [6, 6.07) is 9.27. The van der Waals surface area contributed by atoms with Gasteiger partial charge in [-0.3, -0.25) is 10.1 Å². The predicted molar refractivity (Wildman–Crippen MR) is 81.3 cm³/mol. The molecule has 6 heteroatoms. The minimum absolute atomic E-state index is 0.0623. The van der Waals surface area contributed by atoms with E-state index in [9.17, 15) is 14.5 Å². The summed E-state index contributed by atoms with van der Waals surface area (Å²) >= 11 is 5.86. The van der Waals surface area contributed by atoms with E-state index in [0.29, 0.717) is 11.3 Å². The van der Waals surface area contributed by atoms with Crippen molar-refractivity contribution in [3.05, 3.63) is 68.5 Å². The van der Waals surface area contributed by atoms with Crippen LogP contribution >= 0.6 is 11.6 Å². The van der Waals surface area contributed by atoms with E-state index in [-0.39, 0.29) is 22.6 Å². The molecule has 0 aliphatic rings. The number of nitro groups is 1. The summed E-state index contributed by atoms with van der Waals surface area (Å²) in [7, 11) is 0. The van der Waals surface area contributed by atoms with Crippen LogP contribution in [0.2, 0.25) is 5.02 Å². The topological polar surface area (TPSA) is 55.2 Å². The van der Waals surface area contributed by atoms with Gasteiger partial charge in [0.05, 0.1) is 4.92 Å². The monoisotopic (exact) mass is 308 g/mol. The number of hydrogen-bond acceptors (Lipinski definition) is 3. The maximum Gasteiger partial charge on any atom is 0.288 e. The highest BCUT2D eigenvalue weighted by Crippen LogP contribution is 2.29. The van der Waals surface area contributed by atoms with Crippen LogP contribution in [0.3, 0.4) is 0 Å². The van der Waals surface area contributed by atoms with Crippen LogP contribution in [0.15, 0.2) is 36.4 Å². The molecule has 2 rings (SSSR count). The number of halogens is 2. The molecule has 0 aliphatic carbocycles. The zero-order valence-corrected chi connectivity index (χ0v) is 12.3. The fourth-order valence-corrected chi connectivity index (χ4v) is 2.21. The SMILES string of the molecule is Cc1ccc(C(C)Nc2ccc([N+](=O)[O-])c(Cl)c2)cc1F. The van der Waals surface area contributed by atoms with E-state index in [2.05, 4.69) is 5.32 Å². The molecule has 0 spiro atoms. The van der Waals surface area contributed by atoms with Crippen LogP contribution < -0.4 is 5.32 Å². The molecular formula is C15H14ClFN2O2. The number of hydrogen-bond donors (Lipinski definition) is 1. The highest BCUT2D eigenvalue weighted by molar-refractivity contribution is 6.32. The minimum Gasteiger partial charge on any atom is -0.378 e. The van der Waals surface area contributed by atoms with Gasteiger partial charge in [-0.1, -0.05) is 23.7 Å². The van der Waals surface area contributed by atoms with Gasteiger partial charge in [0.25, 0.3) is 5.69 Å². The van der Waals surface area contributed by atoms with Gasteiger partial charge >= 0.3 is 0 Å². The van der Waals surface area contributed by atoms with Crippen LogP contribution in [0.25, 0.3) is 0 Å². The maximum absolute atomic E-state index is 13.6. The van der Waals surface area contributed by atoms with Gasteiger partial charge in [0.15, 0.2) is 0 Å².